The van der Waals surface area contributed by atoms with Gasteiger partial charge in [0, 0.05) is 32.4 Å². The van der Waals surface area contributed by atoms with Gasteiger partial charge in [-0.05, 0) is 69.7 Å². The van der Waals surface area contributed by atoms with E-state index in [1.54, 1.807) is 24.4 Å². The van der Waals surface area contributed by atoms with Gasteiger partial charge in [-0.1, -0.05) is 12.1 Å². The average molecular weight is 452 g/mol. The SMILES string of the molecule is CC(C)(C)OC(=O)N1CCC2(CCN(c3ccc(C(=O)Nc4ccccc4N)cn3)CC2)C1. The van der Waals surface area contributed by atoms with Crippen molar-refractivity contribution in [3.8, 4) is 0 Å². The number of carbonyl (C=O) groups is 2. The average Bonchev–Trinajstić information content (AvgIpc) is 3.19. The van der Waals surface area contributed by atoms with Crippen molar-refractivity contribution >= 4 is 29.2 Å². The van der Waals surface area contributed by atoms with Crippen LogP contribution in [-0.4, -0.2) is 53.7 Å². The maximum absolute atomic E-state index is 12.5. The molecule has 1 aromatic carbocycles. The third kappa shape index (κ3) is 5.38. The van der Waals surface area contributed by atoms with Crippen molar-refractivity contribution in [2.45, 2.75) is 45.6 Å². The number of anilines is 3. The number of carbonyl (C=O) groups excluding carboxylic acids is 2. The first kappa shape index (κ1) is 22.9. The van der Waals surface area contributed by atoms with Crippen LogP contribution in [0.25, 0.3) is 0 Å². The number of nitrogen functional groups attached to an aromatic ring is 1. The van der Waals surface area contributed by atoms with E-state index in [4.69, 9.17) is 10.5 Å². The van der Waals surface area contributed by atoms with Crippen LogP contribution < -0.4 is 16.0 Å². The van der Waals surface area contributed by atoms with Crippen molar-refractivity contribution in [1.29, 1.82) is 0 Å². The monoisotopic (exact) mass is 451 g/mol. The molecule has 0 aliphatic carbocycles. The Morgan fingerprint density at radius 1 is 1.06 bits per heavy atom. The van der Waals surface area contributed by atoms with Gasteiger partial charge in [-0.2, -0.15) is 0 Å². The van der Waals surface area contributed by atoms with E-state index in [0.29, 0.717) is 16.9 Å². The Morgan fingerprint density at radius 2 is 1.76 bits per heavy atom. The Morgan fingerprint density at radius 3 is 2.39 bits per heavy atom. The van der Waals surface area contributed by atoms with Crippen molar-refractivity contribution in [2.24, 2.45) is 5.41 Å². The number of para-hydroxylation sites is 2. The van der Waals surface area contributed by atoms with E-state index < -0.39 is 5.60 Å². The standard InChI is InChI=1S/C25H33N5O3/c1-24(2,3)33-23(32)30-15-12-25(17-30)10-13-29(14-11-25)21-9-8-18(16-27-21)22(31)28-20-7-5-4-6-19(20)26/h4-9,16H,10-15,17,26H2,1-3H3,(H,28,31). The van der Waals surface area contributed by atoms with Gasteiger partial charge in [0.25, 0.3) is 5.91 Å². The highest BCUT2D eigenvalue weighted by Crippen LogP contribution is 2.41. The van der Waals surface area contributed by atoms with Crippen molar-refractivity contribution in [1.82, 2.24) is 9.88 Å². The van der Waals surface area contributed by atoms with Crippen molar-refractivity contribution in [3.05, 3.63) is 48.2 Å². The lowest BCUT2D eigenvalue weighted by molar-refractivity contribution is 0.0266. The van der Waals surface area contributed by atoms with Crippen LogP contribution in [0.4, 0.5) is 22.0 Å². The Balaban J connectivity index is 1.32. The third-order valence-corrected chi connectivity index (χ3v) is 6.46. The molecule has 2 aliphatic heterocycles. The number of amides is 2. The number of nitrogens with zero attached hydrogens (tertiary/aromatic N) is 3. The van der Waals surface area contributed by atoms with Crippen LogP contribution in [0.2, 0.25) is 0 Å². The number of ether oxygens (including phenoxy) is 1. The fourth-order valence-corrected chi connectivity index (χ4v) is 4.55. The van der Waals surface area contributed by atoms with Crippen LogP contribution >= 0.6 is 0 Å². The first-order valence-electron chi connectivity index (χ1n) is 11.5. The molecule has 0 atom stereocenters. The van der Waals surface area contributed by atoms with Crippen molar-refractivity contribution in [2.75, 3.05) is 42.1 Å². The molecule has 4 rings (SSSR count). The van der Waals surface area contributed by atoms with Gasteiger partial charge < -0.3 is 25.6 Å². The highest BCUT2D eigenvalue weighted by Gasteiger charge is 2.43. The summed E-state index contributed by atoms with van der Waals surface area (Å²) in [7, 11) is 0. The van der Waals surface area contributed by atoms with E-state index in [-0.39, 0.29) is 17.4 Å². The number of benzene rings is 1. The molecular weight excluding hydrogens is 418 g/mol. The Kier molecular flexibility index (Phi) is 6.19. The first-order chi connectivity index (χ1) is 15.6. The number of piperidine rings is 1. The van der Waals surface area contributed by atoms with E-state index in [2.05, 4.69) is 15.2 Å². The molecule has 33 heavy (non-hydrogen) atoms. The molecule has 176 valence electrons. The first-order valence-corrected chi connectivity index (χ1v) is 11.5. The predicted molar refractivity (Wildman–Crippen MR) is 129 cm³/mol. The highest BCUT2D eigenvalue weighted by atomic mass is 16.6. The number of nitrogens with one attached hydrogen (secondary N) is 1. The van der Waals surface area contributed by atoms with Crippen LogP contribution in [0, 0.1) is 5.41 Å². The second-order valence-corrected chi connectivity index (χ2v) is 10.1. The van der Waals surface area contributed by atoms with Crippen LogP contribution in [0.1, 0.15) is 50.4 Å². The molecule has 0 saturated carbocycles. The molecule has 8 nitrogen and oxygen atoms in total. The molecular formula is C25H33N5O3. The zero-order valence-corrected chi connectivity index (χ0v) is 19.6. The summed E-state index contributed by atoms with van der Waals surface area (Å²) in [6.07, 6.45) is 4.41. The predicted octanol–water partition coefficient (Wildman–Crippen LogP) is 4.14. The Hall–Kier alpha value is -3.29. The number of likely N-dealkylation sites (tertiary alicyclic amines) is 1. The molecule has 2 aromatic rings. The minimum absolute atomic E-state index is 0.156. The number of pyridine rings is 1. The van der Waals surface area contributed by atoms with Gasteiger partial charge in [0.05, 0.1) is 16.9 Å². The molecule has 0 unspecified atom stereocenters. The number of rotatable bonds is 3. The minimum Gasteiger partial charge on any atom is -0.444 e. The van der Waals surface area contributed by atoms with Crippen LogP contribution in [0.15, 0.2) is 42.6 Å². The normalized spacial score (nSPS) is 17.8. The van der Waals surface area contributed by atoms with Gasteiger partial charge >= 0.3 is 6.09 Å². The minimum atomic E-state index is -0.474. The summed E-state index contributed by atoms with van der Waals surface area (Å²) in [5.41, 5.74) is 7.18. The summed E-state index contributed by atoms with van der Waals surface area (Å²) in [6, 6.07) is 10.9. The molecule has 0 radical (unpaired) electrons. The Bertz CT molecular complexity index is 1010. The van der Waals surface area contributed by atoms with Crippen LogP contribution in [0.3, 0.4) is 0 Å². The largest absolute Gasteiger partial charge is 0.444 e. The molecule has 8 heteroatoms. The molecule has 0 bridgehead atoms. The fraction of sp³-hybridized carbons (Fsp3) is 0.480. The highest BCUT2D eigenvalue weighted by molar-refractivity contribution is 6.05. The lowest BCUT2D eigenvalue weighted by Gasteiger charge is -2.39. The molecule has 2 aliphatic rings. The van der Waals surface area contributed by atoms with Gasteiger partial charge in [0.15, 0.2) is 0 Å². The molecule has 2 saturated heterocycles. The van der Waals surface area contributed by atoms with Crippen LogP contribution in [-0.2, 0) is 4.74 Å². The second kappa shape index (κ2) is 8.92. The zero-order chi connectivity index (χ0) is 23.6. The molecule has 1 spiro atoms. The summed E-state index contributed by atoms with van der Waals surface area (Å²) >= 11 is 0. The summed E-state index contributed by atoms with van der Waals surface area (Å²) in [6.45, 7) is 8.95. The molecule has 2 fully saturated rings. The second-order valence-electron chi connectivity index (χ2n) is 10.1. The maximum Gasteiger partial charge on any atom is 0.410 e. The lowest BCUT2D eigenvalue weighted by Crippen LogP contribution is -2.43. The summed E-state index contributed by atoms with van der Waals surface area (Å²) in [4.78, 5) is 33.6. The molecule has 3 heterocycles. The smallest absolute Gasteiger partial charge is 0.410 e. The summed E-state index contributed by atoms with van der Waals surface area (Å²) in [5.74, 6) is 0.625. The van der Waals surface area contributed by atoms with E-state index >= 15 is 0 Å². The topological polar surface area (TPSA) is 101 Å². The van der Waals surface area contributed by atoms with E-state index in [0.717, 1.165) is 51.3 Å². The summed E-state index contributed by atoms with van der Waals surface area (Å²) < 4.78 is 5.55. The summed E-state index contributed by atoms with van der Waals surface area (Å²) in [5, 5.41) is 2.83. The molecule has 3 N–H and O–H groups in total. The van der Waals surface area contributed by atoms with Crippen LogP contribution in [0.5, 0.6) is 0 Å². The van der Waals surface area contributed by atoms with E-state index in [1.807, 2.05) is 43.9 Å². The maximum atomic E-state index is 12.5. The van der Waals surface area contributed by atoms with Crippen molar-refractivity contribution < 1.29 is 14.3 Å². The van der Waals surface area contributed by atoms with Gasteiger partial charge in [0.1, 0.15) is 11.4 Å². The number of aromatic nitrogens is 1. The van der Waals surface area contributed by atoms with E-state index in [1.165, 1.54) is 0 Å². The fourth-order valence-electron chi connectivity index (χ4n) is 4.55. The van der Waals surface area contributed by atoms with E-state index in [9.17, 15) is 9.59 Å². The van der Waals surface area contributed by atoms with Crippen molar-refractivity contribution in [3.63, 3.8) is 0 Å². The number of nitrogens with two attached hydrogens (primary N) is 1. The van der Waals surface area contributed by atoms with Gasteiger partial charge in [-0.15, -0.1) is 0 Å². The quantitative estimate of drug-likeness (QED) is 0.680. The Labute approximate surface area is 195 Å². The lowest BCUT2D eigenvalue weighted by atomic mass is 9.78. The molecule has 2 amide bonds. The zero-order valence-electron chi connectivity index (χ0n) is 19.6. The van der Waals surface area contributed by atoms with Gasteiger partial charge in [0.2, 0.25) is 0 Å². The molecule has 1 aromatic heterocycles. The van der Waals surface area contributed by atoms with Gasteiger partial charge in [-0.25, -0.2) is 9.78 Å². The number of hydrogen-bond acceptors (Lipinski definition) is 6. The third-order valence-electron chi connectivity index (χ3n) is 6.46. The number of hydrogen-bond donors (Lipinski definition) is 2. The van der Waals surface area contributed by atoms with Gasteiger partial charge in [-0.3, -0.25) is 4.79 Å².